The first-order valence-electron chi connectivity index (χ1n) is 10.6. The number of anilines is 2. The molecule has 9 heteroatoms. The molecule has 0 saturated carbocycles. The minimum Gasteiger partial charge on any atom is -0.355 e. The van der Waals surface area contributed by atoms with Gasteiger partial charge < -0.3 is 15.1 Å². The molecule has 0 unspecified atom stereocenters. The summed E-state index contributed by atoms with van der Waals surface area (Å²) in [6, 6.07) is 15.7. The smallest absolute Gasteiger partial charge is 0.323 e. The number of piperazine rings is 1. The predicted molar refractivity (Wildman–Crippen MR) is 126 cm³/mol. The number of benzene rings is 1. The molecule has 32 heavy (non-hydrogen) atoms. The van der Waals surface area contributed by atoms with Crippen molar-refractivity contribution < 1.29 is 9.59 Å². The molecule has 0 bridgehead atoms. The van der Waals surface area contributed by atoms with Gasteiger partial charge in [0.1, 0.15) is 5.82 Å². The minimum absolute atomic E-state index is 0.0743. The van der Waals surface area contributed by atoms with Crippen LogP contribution in [0.15, 0.2) is 60.1 Å². The second-order valence-corrected chi connectivity index (χ2v) is 8.36. The van der Waals surface area contributed by atoms with Crippen LogP contribution in [0.25, 0.3) is 0 Å². The zero-order valence-corrected chi connectivity index (χ0v) is 18.6. The van der Waals surface area contributed by atoms with Gasteiger partial charge in [-0.05, 0) is 24.1 Å². The predicted octanol–water partition coefficient (Wildman–Crippen LogP) is 2.79. The Bertz CT molecular complexity index is 1020. The van der Waals surface area contributed by atoms with Gasteiger partial charge in [-0.15, -0.1) is 11.3 Å². The fourth-order valence-electron chi connectivity index (χ4n) is 3.51. The molecule has 3 aromatic rings. The first kappa shape index (κ1) is 21.8. The second-order valence-electron chi connectivity index (χ2n) is 7.50. The summed E-state index contributed by atoms with van der Waals surface area (Å²) in [5, 5.41) is 8.09. The highest BCUT2D eigenvalue weighted by atomic mass is 32.1. The van der Waals surface area contributed by atoms with Crippen molar-refractivity contribution in [3.63, 3.8) is 0 Å². The Hall–Kier alpha value is -3.46. The maximum Gasteiger partial charge on any atom is 0.323 e. The molecule has 0 atom stereocenters. The Morgan fingerprint density at radius 3 is 2.53 bits per heavy atom. The molecule has 1 aliphatic rings. The van der Waals surface area contributed by atoms with E-state index in [-0.39, 0.29) is 18.4 Å². The SMILES string of the molecule is O=C(Cc1csc(NC(=O)N2CCN(c3ccccn3)CC2)n1)NCCc1ccccc1. The molecule has 166 valence electrons. The van der Waals surface area contributed by atoms with Gasteiger partial charge in [0.15, 0.2) is 5.13 Å². The average Bonchev–Trinajstić information content (AvgIpc) is 3.27. The maximum absolute atomic E-state index is 12.6. The molecule has 3 heterocycles. The summed E-state index contributed by atoms with van der Waals surface area (Å²) in [6.45, 7) is 3.28. The number of nitrogens with zero attached hydrogens (tertiary/aromatic N) is 4. The van der Waals surface area contributed by atoms with E-state index < -0.39 is 0 Å². The Kier molecular flexibility index (Phi) is 7.29. The summed E-state index contributed by atoms with van der Waals surface area (Å²) in [6.07, 6.45) is 2.76. The highest BCUT2D eigenvalue weighted by molar-refractivity contribution is 7.13. The Labute approximate surface area is 191 Å². The van der Waals surface area contributed by atoms with Crippen molar-refractivity contribution in [3.8, 4) is 0 Å². The molecule has 1 saturated heterocycles. The molecule has 2 aromatic heterocycles. The van der Waals surface area contributed by atoms with E-state index in [9.17, 15) is 9.59 Å². The zero-order valence-electron chi connectivity index (χ0n) is 17.7. The lowest BCUT2D eigenvalue weighted by molar-refractivity contribution is -0.120. The third kappa shape index (κ3) is 6.04. The van der Waals surface area contributed by atoms with E-state index in [1.807, 2.05) is 53.9 Å². The van der Waals surface area contributed by atoms with Crippen molar-refractivity contribution in [2.45, 2.75) is 12.8 Å². The number of rotatable bonds is 7. The summed E-state index contributed by atoms with van der Waals surface area (Å²) in [5.41, 5.74) is 1.84. The van der Waals surface area contributed by atoms with Gasteiger partial charge in [-0.2, -0.15) is 0 Å². The van der Waals surface area contributed by atoms with Crippen LogP contribution in [0.1, 0.15) is 11.3 Å². The summed E-state index contributed by atoms with van der Waals surface area (Å²) in [5.74, 6) is 0.855. The number of nitrogens with one attached hydrogen (secondary N) is 2. The molecular formula is C23H26N6O2S. The molecule has 8 nitrogen and oxygen atoms in total. The molecule has 2 N–H and O–H groups in total. The fraction of sp³-hybridized carbons (Fsp3) is 0.304. The van der Waals surface area contributed by atoms with Gasteiger partial charge in [0.05, 0.1) is 12.1 Å². The fourth-order valence-corrected chi connectivity index (χ4v) is 4.21. The van der Waals surface area contributed by atoms with E-state index in [0.29, 0.717) is 30.5 Å². The average molecular weight is 451 g/mol. The first-order chi connectivity index (χ1) is 15.7. The van der Waals surface area contributed by atoms with E-state index in [0.717, 1.165) is 25.3 Å². The van der Waals surface area contributed by atoms with Gasteiger partial charge >= 0.3 is 6.03 Å². The van der Waals surface area contributed by atoms with Crippen LogP contribution in [0, 0.1) is 0 Å². The lowest BCUT2D eigenvalue weighted by atomic mass is 10.1. The summed E-state index contributed by atoms with van der Waals surface area (Å²) in [4.78, 5) is 37.5. The van der Waals surface area contributed by atoms with Crippen molar-refractivity contribution in [1.29, 1.82) is 0 Å². The van der Waals surface area contributed by atoms with Crippen LogP contribution in [0.2, 0.25) is 0 Å². The monoisotopic (exact) mass is 450 g/mol. The Balaban J connectivity index is 1.19. The molecular weight excluding hydrogens is 424 g/mol. The van der Waals surface area contributed by atoms with E-state index in [4.69, 9.17) is 0 Å². The second kappa shape index (κ2) is 10.7. The standard InChI is InChI=1S/C23H26N6O2S/c30-21(25-11-9-18-6-2-1-3-7-18)16-19-17-32-22(26-19)27-23(31)29-14-12-28(13-15-29)20-8-4-5-10-24-20/h1-8,10,17H,9,11-16H2,(H,25,30)(H,26,27,31). The highest BCUT2D eigenvalue weighted by Crippen LogP contribution is 2.18. The highest BCUT2D eigenvalue weighted by Gasteiger charge is 2.22. The number of pyridine rings is 1. The summed E-state index contributed by atoms with van der Waals surface area (Å²) >= 11 is 1.33. The van der Waals surface area contributed by atoms with Crippen molar-refractivity contribution in [3.05, 3.63) is 71.4 Å². The van der Waals surface area contributed by atoms with Crippen LogP contribution in [0.5, 0.6) is 0 Å². The topological polar surface area (TPSA) is 90.5 Å². The number of amides is 3. The van der Waals surface area contributed by atoms with Crippen molar-refractivity contribution in [2.24, 2.45) is 0 Å². The quantitative estimate of drug-likeness (QED) is 0.578. The van der Waals surface area contributed by atoms with Gasteiger partial charge in [-0.25, -0.2) is 14.8 Å². The number of carbonyl (C=O) groups is 2. The van der Waals surface area contributed by atoms with Gasteiger partial charge in [0, 0.05) is 44.3 Å². The molecule has 4 rings (SSSR count). The maximum atomic E-state index is 12.6. The largest absolute Gasteiger partial charge is 0.355 e. The normalized spacial score (nSPS) is 13.6. The Morgan fingerprint density at radius 1 is 1.00 bits per heavy atom. The van der Waals surface area contributed by atoms with Crippen LogP contribution in [-0.2, 0) is 17.6 Å². The summed E-state index contributed by atoms with van der Waals surface area (Å²) in [7, 11) is 0. The van der Waals surface area contributed by atoms with E-state index in [1.165, 1.54) is 16.9 Å². The lowest BCUT2D eigenvalue weighted by Gasteiger charge is -2.35. The van der Waals surface area contributed by atoms with E-state index in [1.54, 1.807) is 11.1 Å². The number of carbonyl (C=O) groups excluding carboxylic acids is 2. The number of thiazole rings is 1. The van der Waals surface area contributed by atoms with Gasteiger partial charge in [-0.1, -0.05) is 36.4 Å². The van der Waals surface area contributed by atoms with Gasteiger partial charge in [-0.3, -0.25) is 10.1 Å². The van der Waals surface area contributed by atoms with Crippen LogP contribution in [0.3, 0.4) is 0 Å². The van der Waals surface area contributed by atoms with Gasteiger partial charge in [0.25, 0.3) is 0 Å². The molecule has 0 spiro atoms. The molecule has 1 aliphatic heterocycles. The van der Waals surface area contributed by atoms with Crippen LogP contribution < -0.4 is 15.5 Å². The van der Waals surface area contributed by atoms with Crippen molar-refractivity contribution in [1.82, 2.24) is 20.2 Å². The van der Waals surface area contributed by atoms with Crippen LogP contribution >= 0.6 is 11.3 Å². The lowest BCUT2D eigenvalue weighted by Crippen LogP contribution is -2.50. The third-order valence-corrected chi connectivity index (χ3v) is 6.03. The third-order valence-electron chi connectivity index (χ3n) is 5.23. The number of hydrogen-bond donors (Lipinski definition) is 2. The van der Waals surface area contributed by atoms with Gasteiger partial charge in [0.2, 0.25) is 5.91 Å². The molecule has 0 aliphatic carbocycles. The van der Waals surface area contributed by atoms with E-state index in [2.05, 4.69) is 25.5 Å². The van der Waals surface area contributed by atoms with Crippen molar-refractivity contribution >= 4 is 34.2 Å². The van der Waals surface area contributed by atoms with Crippen molar-refractivity contribution in [2.75, 3.05) is 42.9 Å². The van der Waals surface area contributed by atoms with Crippen LogP contribution in [0.4, 0.5) is 15.7 Å². The molecule has 1 fully saturated rings. The Morgan fingerprint density at radius 2 is 1.78 bits per heavy atom. The first-order valence-corrected chi connectivity index (χ1v) is 11.5. The van der Waals surface area contributed by atoms with Crippen LogP contribution in [-0.4, -0.2) is 59.5 Å². The molecule has 3 amide bonds. The number of hydrogen-bond acceptors (Lipinski definition) is 6. The molecule has 0 radical (unpaired) electrons. The summed E-state index contributed by atoms with van der Waals surface area (Å²) < 4.78 is 0. The number of aromatic nitrogens is 2. The number of urea groups is 1. The molecule has 1 aromatic carbocycles. The minimum atomic E-state index is -0.168. The van der Waals surface area contributed by atoms with E-state index >= 15 is 0 Å². The zero-order chi connectivity index (χ0) is 22.2.